The number of carbonyl (C=O) groups excluding carboxylic acids is 1. The van der Waals surface area contributed by atoms with E-state index in [0.717, 1.165) is 11.4 Å². The summed E-state index contributed by atoms with van der Waals surface area (Å²) in [6, 6.07) is 22.1. The lowest BCUT2D eigenvalue weighted by atomic mass is 10.1. The Kier molecular flexibility index (Phi) is 6.10. The van der Waals surface area contributed by atoms with Gasteiger partial charge < -0.3 is 19.3 Å². The van der Waals surface area contributed by atoms with Gasteiger partial charge in [-0.25, -0.2) is 0 Å². The van der Waals surface area contributed by atoms with Crippen molar-refractivity contribution in [3.05, 3.63) is 88.8 Å². The highest BCUT2D eigenvalue weighted by Gasteiger charge is 2.27. The summed E-state index contributed by atoms with van der Waals surface area (Å²) in [5.41, 5.74) is 1.52. The summed E-state index contributed by atoms with van der Waals surface area (Å²) in [6.07, 6.45) is 0. The van der Waals surface area contributed by atoms with Crippen molar-refractivity contribution in [2.45, 2.75) is 0 Å². The Bertz CT molecular complexity index is 1440. The molecule has 5 rings (SSSR count). The molecule has 0 atom stereocenters. The number of hydrogen-bond acceptors (Lipinski definition) is 6. The second-order valence-corrected chi connectivity index (χ2v) is 8.26. The maximum absolute atomic E-state index is 13.7. The Labute approximate surface area is 202 Å². The third-order valence-electron chi connectivity index (χ3n) is 6.30. The van der Waals surface area contributed by atoms with Crippen molar-refractivity contribution in [2.75, 3.05) is 45.3 Å². The topological polar surface area (TPSA) is 76.9 Å². The Balaban J connectivity index is 1.48. The predicted octanol–water partition coefficient (Wildman–Crippen LogP) is 3.37. The van der Waals surface area contributed by atoms with Crippen LogP contribution < -0.4 is 19.9 Å². The van der Waals surface area contributed by atoms with Crippen molar-refractivity contribution in [3.63, 3.8) is 0 Å². The van der Waals surface area contributed by atoms with E-state index < -0.39 is 0 Å². The van der Waals surface area contributed by atoms with E-state index in [2.05, 4.69) is 10.00 Å². The summed E-state index contributed by atoms with van der Waals surface area (Å²) in [5.74, 6) is 1.22. The van der Waals surface area contributed by atoms with Gasteiger partial charge in [-0.3, -0.25) is 9.59 Å². The van der Waals surface area contributed by atoms with Crippen LogP contribution in [0.5, 0.6) is 11.5 Å². The highest BCUT2D eigenvalue weighted by atomic mass is 16.5. The minimum Gasteiger partial charge on any atom is -0.497 e. The molecule has 1 aromatic heterocycles. The molecule has 35 heavy (non-hydrogen) atoms. The Morgan fingerprint density at radius 2 is 1.54 bits per heavy atom. The summed E-state index contributed by atoms with van der Waals surface area (Å²) in [6.45, 7) is 2.40. The van der Waals surface area contributed by atoms with E-state index in [0.29, 0.717) is 48.4 Å². The number of anilines is 1. The molecule has 178 valence electrons. The van der Waals surface area contributed by atoms with Gasteiger partial charge in [0.05, 0.1) is 31.0 Å². The Morgan fingerprint density at radius 3 is 2.29 bits per heavy atom. The molecule has 0 bridgehead atoms. The molecule has 3 aromatic carbocycles. The fourth-order valence-electron chi connectivity index (χ4n) is 4.46. The molecule has 0 unspecified atom stereocenters. The minimum absolute atomic E-state index is 0.197. The molecule has 1 saturated heterocycles. The first-order chi connectivity index (χ1) is 17.1. The number of nitrogens with zero attached hydrogens (tertiary/aromatic N) is 4. The number of ether oxygens (including phenoxy) is 2. The van der Waals surface area contributed by atoms with Gasteiger partial charge in [-0.05, 0) is 30.3 Å². The minimum atomic E-state index is -0.286. The van der Waals surface area contributed by atoms with Crippen molar-refractivity contribution >= 4 is 22.4 Å². The molecule has 0 aliphatic carbocycles. The van der Waals surface area contributed by atoms with E-state index in [1.165, 1.54) is 4.68 Å². The lowest BCUT2D eigenvalue weighted by Gasteiger charge is -2.36. The van der Waals surface area contributed by atoms with E-state index in [1.807, 2.05) is 30.3 Å². The lowest BCUT2D eigenvalue weighted by Crippen LogP contribution is -2.49. The van der Waals surface area contributed by atoms with E-state index >= 15 is 0 Å². The second kappa shape index (κ2) is 9.50. The van der Waals surface area contributed by atoms with Crippen LogP contribution in [-0.4, -0.2) is 61.0 Å². The van der Waals surface area contributed by atoms with Gasteiger partial charge in [0.1, 0.15) is 11.5 Å². The number of carbonyl (C=O) groups is 1. The van der Waals surface area contributed by atoms with Crippen molar-refractivity contribution < 1.29 is 14.3 Å². The molecule has 1 amide bonds. The number of aromatic nitrogens is 2. The first-order valence-electron chi connectivity index (χ1n) is 11.4. The van der Waals surface area contributed by atoms with Gasteiger partial charge in [-0.1, -0.05) is 36.4 Å². The van der Waals surface area contributed by atoms with E-state index in [4.69, 9.17) is 9.47 Å². The number of benzene rings is 3. The Hall–Kier alpha value is -4.33. The summed E-state index contributed by atoms with van der Waals surface area (Å²) in [4.78, 5) is 30.9. The molecule has 0 spiro atoms. The average molecular weight is 471 g/mol. The van der Waals surface area contributed by atoms with Crippen molar-refractivity contribution in [1.82, 2.24) is 14.7 Å². The average Bonchev–Trinajstić information content (AvgIpc) is 2.93. The van der Waals surface area contributed by atoms with Crippen LogP contribution in [0.2, 0.25) is 0 Å². The van der Waals surface area contributed by atoms with Crippen LogP contribution in [0.1, 0.15) is 10.5 Å². The van der Waals surface area contributed by atoms with Gasteiger partial charge in [0, 0.05) is 37.6 Å². The van der Waals surface area contributed by atoms with Gasteiger partial charge in [-0.15, -0.1) is 0 Å². The molecule has 8 heteroatoms. The van der Waals surface area contributed by atoms with Crippen LogP contribution in [0, 0.1) is 0 Å². The monoisotopic (exact) mass is 470 g/mol. The largest absolute Gasteiger partial charge is 0.497 e. The summed E-state index contributed by atoms with van der Waals surface area (Å²) >= 11 is 0. The quantitative estimate of drug-likeness (QED) is 0.445. The number of piperazine rings is 1. The maximum atomic E-state index is 13.7. The summed E-state index contributed by atoms with van der Waals surface area (Å²) < 4.78 is 12.1. The van der Waals surface area contributed by atoms with E-state index in [9.17, 15) is 9.59 Å². The highest BCUT2D eigenvalue weighted by molar-refractivity contribution is 6.05. The van der Waals surface area contributed by atoms with Gasteiger partial charge in [0.25, 0.3) is 11.5 Å². The zero-order valence-corrected chi connectivity index (χ0v) is 19.7. The number of para-hydroxylation sites is 2. The standard InChI is InChI=1S/C27H26N4O4/c1-34-20-9-7-8-19(18-20)31-26(32)22-11-4-3-10-21(22)25(28-31)27(33)30-16-14-29(15-17-30)23-12-5-6-13-24(23)35-2/h3-13,18H,14-17H2,1-2H3. The lowest BCUT2D eigenvalue weighted by molar-refractivity contribution is 0.0741. The third kappa shape index (κ3) is 4.19. The number of amides is 1. The zero-order chi connectivity index (χ0) is 24.4. The number of rotatable bonds is 5. The van der Waals surface area contributed by atoms with Gasteiger partial charge in [0.2, 0.25) is 0 Å². The molecule has 2 heterocycles. The molecule has 8 nitrogen and oxygen atoms in total. The molecule has 0 saturated carbocycles. The first-order valence-corrected chi connectivity index (χ1v) is 11.4. The number of hydrogen-bond donors (Lipinski definition) is 0. The fourth-order valence-corrected chi connectivity index (χ4v) is 4.46. The number of fused-ring (bicyclic) bond motifs is 1. The molecular weight excluding hydrogens is 444 g/mol. The first kappa shape index (κ1) is 22.5. The second-order valence-electron chi connectivity index (χ2n) is 8.26. The van der Waals surface area contributed by atoms with Gasteiger partial charge >= 0.3 is 0 Å². The van der Waals surface area contributed by atoms with E-state index in [1.54, 1.807) is 61.6 Å². The predicted molar refractivity (Wildman–Crippen MR) is 135 cm³/mol. The van der Waals surface area contributed by atoms with Crippen LogP contribution in [0.4, 0.5) is 5.69 Å². The van der Waals surface area contributed by atoms with Crippen LogP contribution in [0.15, 0.2) is 77.6 Å². The smallest absolute Gasteiger partial charge is 0.279 e. The SMILES string of the molecule is COc1cccc(-n2nc(C(=O)N3CCN(c4ccccc4OC)CC3)c3ccccc3c2=O)c1. The molecule has 1 aliphatic rings. The molecule has 0 radical (unpaired) electrons. The summed E-state index contributed by atoms with van der Waals surface area (Å²) in [7, 11) is 3.22. The van der Waals surface area contributed by atoms with Gasteiger partial charge in [0.15, 0.2) is 5.69 Å². The zero-order valence-electron chi connectivity index (χ0n) is 19.7. The molecule has 0 N–H and O–H groups in total. The normalized spacial score (nSPS) is 13.7. The number of methoxy groups -OCH3 is 2. The molecule has 4 aromatic rings. The van der Waals surface area contributed by atoms with Gasteiger partial charge in [-0.2, -0.15) is 9.78 Å². The van der Waals surface area contributed by atoms with Crippen LogP contribution in [-0.2, 0) is 0 Å². The van der Waals surface area contributed by atoms with Crippen LogP contribution in [0.3, 0.4) is 0 Å². The van der Waals surface area contributed by atoms with Crippen molar-refractivity contribution in [1.29, 1.82) is 0 Å². The van der Waals surface area contributed by atoms with E-state index in [-0.39, 0.29) is 17.2 Å². The highest BCUT2D eigenvalue weighted by Crippen LogP contribution is 2.29. The molecule has 1 fully saturated rings. The fraction of sp³-hybridized carbons (Fsp3) is 0.222. The summed E-state index contributed by atoms with van der Waals surface area (Å²) in [5, 5.41) is 5.55. The van der Waals surface area contributed by atoms with Crippen LogP contribution >= 0.6 is 0 Å². The van der Waals surface area contributed by atoms with Crippen molar-refractivity contribution in [2.24, 2.45) is 0 Å². The molecular formula is C27H26N4O4. The molecule has 1 aliphatic heterocycles. The van der Waals surface area contributed by atoms with Crippen molar-refractivity contribution in [3.8, 4) is 17.2 Å². The van der Waals surface area contributed by atoms with Crippen LogP contribution in [0.25, 0.3) is 16.5 Å². The Morgan fingerprint density at radius 1 is 0.829 bits per heavy atom. The third-order valence-corrected chi connectivity index (χ3v) is 6.30. The maximum Gasteiger partial charge on any atom is 0.279 e.